The highest BCUT2D eigenvalue weighted by Crippen LogP contribution is 2.21. The number of aryl methyl sites for hydroxylation is 1. The molecule has 0 saturated heterocycles. The summed E-state index contributed by atoms with van der Waals surface area (Å²) in [5.41, 5.74) is 1.14. The van der Waals surface area contributed by atoms with E-state index in [4.69, 9.17) is 4.74 Å². The van der Waals surface area contributed by atoms with Crippen molar-refractivity contribution in [2.75, 3.05) is 0 Å². The van der Waals surface area contributed by atoms with E-state index in [2.05, 4.69) is 0 Å². The predicted octanol–water partition coefficient (Wildman–Crippen LogP) is 2.47. The Morgan fingerprint density at radius 2 is 1.94 bits per heavy atom. The average molecular weight is 248 g/mol. The van der Waals surface area contributed by atoms with Gasteiger partial charge in [-0.2, -0.15) is 0 Å². The second-order valence-corrected chi connectivity index (χ2v) is 4.87. The van der Waals surface area contributed by atoms with Crippen molar-refractivity contribution in [3.05, 3.63) is 35.9 Å². The van der Waals surface area contributed by atoms with Crippen molar-refractivity contribution in [1.82, 2.24) is 0 Å². The Hall–Kier alpha value is -1.35. The molecule has 0 aliphatic heterocycles. The fourth-order valence-corrected chi connectivity index (χ4v) is 2.33. The molecular weight excluding hydrogens is 228 g/mol. The molecule has 0 bridgehead atoms. The normalized spacial score (nSPS) is 23.6. The molecule has 1 aromatic carbocycles. The molecule has 0 aromatic heterocycles. The van der Waals surface area contributed by atoms with Gasteiger partial charge in [-0.25, -0.2) is 0 Å². The maximum absolute atomic E-state index is 11.7. The molecule has 1 saturated carbocycles. The maximum Gasteiger partial charge on any atom is 0.306 e. The van der Waals surface area contributed by atoms with Crippen LogP contribution >= 0.6 is 0 Å². The molecule has 2 rings (SSSR count). The number of carbonyl (C=O) groups is 1. The molecule has 98 valence electrons. The number of hydrogen-bond donors (Lipinski definition) is 1. The van der Waals surface area contributed by atoms with Gasteiger partial charge in [-0.3, -0.25) is 4.79 Å². The van der Waals surface area contributed by atoms with Gasteiger partial charge in [-0.05, 0) is 31.2 Å². The average Bonchev–Trinajstić information content (AvgIpc) is 2.40. The lowest BCUT2D eigenvalue weighted by molar-refractivity contribution is -0.157. The number of benzene rings is 1. The zero-order chi connectivity index (χ0) is 12.8. The van der Waals surface area contributed by atoms with E-state index in [0.717, 1.165) is 31.2 Å². The van der Waals surface area contributed by atoms with Crippen LogP contribution in [-0.4, -0.2) is 23.3 Å². The lowest BCUT2D eigenvalue weighted by Gasteiger charge is -2.27. The molecule has 1 aliphatic carbocycles. The molecule has 1 fully saturated rings. The van der Waals surface area contributed by atoms with E-state index in [1.165, 1.54) is 0 Å². The molecule has 18 heavy (non-hydrogen) atoms. The van der Waals surface area contributed by atoms with E-state index < -0.39 is 6.10 Å². The Morgan fingerprint density at radius 3 is 2.67 bits per heavy atom. The van der Waals surface area contributed by atoms with E-state index in [0.29, 0.717) is 12.8 Å². The first kappa shape index (κ1) is 13.1. The van der Waals surface area contributed by atoms with Gasteiger partial charge in [0.05, 0.1) is 6.10 Å². The summed E-state index contributed by atoms with van der Waals surface area (Å²) in [6, 6.07) is 9.89. The van der Waals surface area contributed by atoms with Crippen LogP contribution in [0.5, 0.6) is 0 Å². The summed E-state index contributed by atoms with van der Waals surface area (Å²) in [5, 5.41) is 9.73. The minimum atomic E-state index is -0.473. The van der Waals surface area contributed by atoms with Crippen molar-refractivity contribution < 1.29 is 14.6 Å². The lowest BCUT2D eigenvalue weighted by atomic mass is 9.95. The molecule has 0 radical (unpaired) electrons. The fraction of sp³-hybridized carbons (Fsp3) is 0.533. The maximum atomic E-state index is 11.7. The summed E-state index contributed by atoms with van der Waals surface area (Å²) in [6.45, 7) is 0. The third-order valence-electron chi connectivity index (χ3n) is 3.41. The third-order valence-corrected chi connectivity index (χ3v) is 3.41. The zero-order valence-electron chi connectivity index (χ0n) is 10.5. The van der Waals surface area contributed by atoms with Crippen LogP contribution in [-0.2, 0) is 16.0 Å². The molecule has 3 heteroatoms. The van der Waals surface area contributed by atoms with E-state index in [-0.39, 0.29) is 12.1 Å². The third kappa shape index (κ3) is 3.84. The van der Waals surface area contributed by atoms with Crippen LogP contribution in [0.2, 0.25) is 0 Å². The summed E-state index contributed by atoms with van der Waals surface area (Å²) < 4.78 is 5.34. The van der Waals surface area contributed by atoms with E-state index in [1.54, 1.807) is 0 Å². The van der Waals surface area contributed by atoms with Crippen LogP contribution in [0, 0.1) is 0 Å². The van der Waals surface area contributed by atoms with Crippen molar-refractivity contribution in [3.8, 4) is 0 Å². The lowest BCUT2D eigenvalue weighted by Crippen LogP contribution is -2.34. The van der Waals surface area contributed by atoms with Crippen LogP contribution in [0.3, 0.4) is 0 Å². The van der Waals surface area contributed by atoms with Crippen LogP contribution in [0.4, 0.5) is 0 Å². The van der Waals surface area contributed by atoms with Gasteiger partial charge in [0.2, 0.25) is 0 Å². The summed E-state index contributed by atoms with van der Waals surface area (Å²) in [7, 11) is 0. The van der Waals surface area contributed by atoms with Gasteiger partial charge < -0.3 is 9.84 Å². The Morgan fingerprint density at radius 1 is 1.22 bits per heavy atom. The van der Waals surface area contributed by atoms with Gasteiger partial charge >= 0.3 is 5.97 Å². The molecule has 0 amide bonds. The van der Waals surface area contributed by atoms with Crippen molar-refractivity contribution in [2.45, 2.75) is 50.7 Å². The van der Waals surface area contributed by atoms with E-state index in [1.807, 2.05) is 30.3 Å². The number of hydrogen-bond acceptors (Lipinski definition) is 3. The molecule has 0 unspecified atom stereocenters. The van der Waals surface area contributed by atoms with Crippen molar-refractivity contribution in [2.24, 2.45) is 0 Å². The molecule has 2 atom stereocenters. The fourth-order valence-electron chi connectivity index (χ4n) is 2.33. The van der Waals surface area contributed by atoms with Gasteiger partial charge in [-0.1, -0.05) is 36.8 Å². The second-order valence-electron chi connectivity index (χ2n) is 4.87. The predicted molar refractivity (Wildman–Crippen MR) is 69.1 cm³/mol. The summed E-state index contributed by atoms with van der Waals surface area (Å²) >= 11 is 0. The second kappa shape index (κ2) is 6.55. The molecule has 0 spiro atoms. The molecule has 1 aliphatic rings. The first-order valence-electron chi connectivity index (χ1n) is 6.67. The first-order chi connectivity index (χ1) is 8.75. The highest BCUT2D eigenvalue weighted by Gasteiger charge is 2.26. The first-order valence-corrected chi connectivity index (χ1v) is 6.67. The van der Waals surface area contributed by atoms with Crippen LogP contribution in [0.25, 0.3) is 0 Å². The largest absolute Gasteiger partial charge is 0.460 e. The minimum absolute atomic E-state index is 0.204. The summed E-state index contributed by atoms with van der Waals surface area (Å²) in [5.74, 6) is -0.204. The highest BCUT2D eigenvalue weighted by molar-refractivity contribution is 5.70. The van der Waals surface area contributed by atoms with Crippen LogP contribution < -0.4 is 0 Å². The van der Waals surface area contributed by atoms with E-state index in [9.17, 15) is 9.90 Å². The number of aliphatic hydroxyl groups is 1. The molecule has 1 N–H and O–H groups in total. The number of rotatable bonds is 4. The van der Waals surface area contributed by atoms with Gasteiger partial charge in [0.1, 0.15) is 6.10 Å². The van der Waals surface area contributed by atoms with Crippen LogP contribution in [0.1, 0.15) is 37.7 Å². The monoisotopic (exact) mass is 248 g/mol. The Labute approximate surface area is 108 Å². The summed E-state index contributed by atoms with van der Waals surface area (Å²) in [4.78, 5) is 11.7. The topological polar surface area (TPSA) is 46.5 Å². The SMILES string of the molecule is O=C(CCc1ccccc1)O[C@H]1CCCC[C@@H]1O. The Kier molecular flexibility index (Phi) is 4.76. The van der Waals surface area contributed by atoms with Crippen molar-refractivity contribution in [3.63, 3.8) is 0 Å². The Balaban J connectivity index is 1.75. The quantitative estimate of drug-likeness (QED) is 0.833. The molecular formula is C15H20O3. The number of aliphatic hydroxyl groups excluding tert-OH is 1. The minimum Gasteiger partial charge on any atom is -0.460 e. The highest BCUT2D eigenvalue weighted by atomic mass is 16.6. The van der Waals surface area contributed by atoms with E-state index >= 15 is 0 Å². The summed E-state index contributed by atoms with van der Waals surface area (Å²) in [6.07, 6.45) is 3.92. The smallest absolute Gasteiger partial charge is 0.306 e. The van der Waals surface area contributed by atoms with Gasteiger partial charge in [0.15, 0.2) is 0 Å². The van der Waals surface area contributed by atoms with Gasteiger partial charge in [0.25, 0.3) is 0 Å². The number of carbonyl (C=O) groups excluding carboxylic acids is 1. The standard InChI is InChI=1S/C15H20O3/c16-13-8-4-5-9-14(13)18-15(17)11-10-12-6-2-1-3-7-12/h1-3,6-7,13-14,16H,4-5,8-11H2/t13-,14-/m0/s1. The molecule has 3 nitrogen and oxygen atoms in total. The zero-order valence-corrected chi connectivity index (χ0v) is 10.5. The Bertz CT molecular complexity index is 375. The van der Waals surface area contributed by atoms with Crippen LogP contribution in [0.15, 0.2) is 30.3 Å². The van der Waals surface area contributed by atoms with Gasteiger partial charge in [-0.15, -0.1) is 0 Å². The van der Waals surface area contributed by atoms with Crippen molar-refractivity contribution >= 4 is 5.97 Å². The van der Waals surface area contributed by atoms with Crippen molar-refractivity contribution in [1.29, 1.82) is 0 Å². The number of ether oxygens (including phenoxy) is 1. The molecule has 1 aromatic rings. The number of esters is 1. The molecule has 0 heterocycles. The van der Waals surface area contributed by atoms with Gasteiger partial charge in [0, 0.05) is 6.42 Å².